The second kappa shape index (κ2) is 7.62. The van der Waals surface area contributed by atoms with Gasteiger partial charge in [-0.15, -0.1) is 0 Å². The van der Waals surface area contributed by atoms with Crippen molar-refractivity contribution in [2.24, 2.45) is 13.0 Å². The van der Waals surface area contributed by atoms with Crippen LogP contribution in [0, 0.1) is 19.8 Å². The number of nitrogens with one attached hydrogen (secondary N) is 1. The molecule has 1 aromatic rings. The number of hydrogen-bond acceptors (Lipinski definition) is 3. The molecule has 1 heterocycles. The van der Waals surface area contributed by atoms with E-state index in [1.807, 2.05) is 20.9 Å². The number of carbonyl (C=O) groups excluding carboxylic acids is 1. The topological polar surface area (TPSA) is 84.2 Å². The van der Waals surface area contributed by atoms with Crippen molar-refractivity contribution in [3.05, 3.63) is 17.0 Å². The van der Waals surface area contributed by atoms with Gasteiger partial charge in [-0.2, -0.15) is 5.10 Å². The summed E-state index contributed by atoms with van der Waals surface area (Å²) >= 11 is 0. The van der Waals surface area contributed by atoms with Crippen LogP contribution in [0.5, 0.6) is 0 Å². The van der Waals surface area contributed by atoms with E-state index in [0.29, 0.717) is 6.42 Å². The van der Waals surface area contributed by atoms with Crippen molar-refractivity contribution < 1.29 is 14.7 Å². The molecule has 1 aromatic heterocycles. The maximum atomic E-state index is 12.4. The van der Waals surface area contributed by atoms with E-state index in [2.05, 4.69) is 10.4 Å². The lowest BCUT2D eigenvalue weighted by Gasteiger charge is -2.27. The number of carboxylic acids is 1. The predicted molar refractivity (Wildman–Crippen MR) is 87.1 cm³/mol. The molecule has 0 bridgehead atoms. The average Bonchev–Trinajstić information content (AvgIpc) is 2.68. The van der Waals surface area contributed by atoms with Gasteiger partial charge in [-0.05, 0) is 26.7 Å². The summed E-state index contributed by atoms with van der Waals surface area (Å²) in [6.45, 7) is 3.84. The SMILES string of the molecule is Cc1nn(C)c(C)c1CC(=O)NC1CCCCCCC1C(=O)O. The van der Waals surface area contributed by atoms with E-state index in [1.165, 1.54) is 0 Å². The fourth-order valence-electron chi connectivity index (χ4n) is 3.44. The van der Waals surface area contributed by atoms with Gasteiger partial charge < -0.3 is 10.4 Å². The standard InChI is InChI=1S/C17H27N3O3/c1-11-14(12(2)20(3)19-11)10-16(21)18-15-9-7-5-4-6-8-13(15)17(22)23/h13,15H,4-10H2,1-3H3,(H,18,21)(H,22,23). The molecule has 0 saturated heterocycles. The molecule has 6 nitrogen and oxygen atoms in total. The van der Waals surface area contributed by atoms with Crippen molar-refractivity contribution in [2.45, 2.75) is 64.8 Å². The summed E-state index contributed by atoms with van der Waals surface area (Å²) < 4.78 is 1.77. The van der Waals surface area contributed by atoms with Gasteiger partial charge in [-0.3, -0.25) is 14.3 Å². The average molecular weight is 321 g/mol. The van der Waals surface area contributed by atoms with Gasteiger partial charge >= 0.3 is 5.97 Å². The Balaban J connectivity index is 2.05. The highest BCUT2D eigenvalue weighted by Crippen LogP contribution is 2.23. The third-order valence-corrected chi connectivity index (χ3v) is 4.93. The third-order valence-electron chi connectivity index (χ3n) is 4.93. The zero-order valence-corrected chi connectivity index (χ0v) is 14.3. The van der Waals surface area contributed by atoms with Crippen LogP contribution in [-0.4, -0.2) is 32.8 Å². The summed E-state index contributed by atoms with van der Waals surface area (Å²) in [5, 5.41) is 16.8. The number of rotatable bonds is 4. The van der Waals surface area contributed by atoms with Crippen LogP contribution in [0.2, 0.25) is 0 Å². The Kier molecular flexibility index (Phi) is 5.80. The number of carboxylic acid groups (broad SMARTS) is 1. The van der Waals surface area contributed by atoms with Crippen molar-refractivity contribution in [3.63, 3.8) is 0 Å². The Bertz CT molecular complexity index is 580. The number of nitrogens with zero attached hydrogens (tertiary/aromatic N) is 2. The smallest absolute Gasteiger partial charge is 0.308 e. The van der Waals surface area contributed by atoms with E-state index in [0.717, 1.165) is 49.1 Å². The van der Waals surface area contributed by atoms with E-state index in [4.69, 9.17) is 0 Å². The Morgan fingerprint density at radius 2 is 1.87 bits per heavy atom. The van der Waals surface area contributed by atoms with Gasteiger partial charge in [-0.25, -0.2) is 0 Å². The van der Waals surface area contributed by atoms with Gasteiger partial charge in [-0.1, -0.05) is 25.7 Å². The molecule has 6 heteroatoms. The highest BCUT2D eigenvalue weighted by molar-refractivity contribution is 5.80. The molecule has 1 fully saturated rings. The van der Waals surface area contributed by atoms with E-state index in [-0.39, 0.29) is 18.4 Å². The number of hydrogen-bond donors (Lipinski definition) is 2. The Morgan fingerprint density at radius 1 is 1.22 bits per heavy atom. The summed E-state index contributed by atoms with van der Waals surface area (Å²) in [7, 11) is 1.86. The lowest BCUT2D eigenvalue weighted by molar-refractivity contribution is -0.143. The van der Waals surface area contributed by atoms with Crippen molar-refractivity contribution in [2.75, 3.05) is 0 Å². The normalized spacial score (nSPS) is 22.2. The molecular formula is C17H27N3O3. The van der Waals surface area contributed by atoms with Gasteiger partial charge in [0.1, 0.15) is 0 Å². The van der Waals surface area contributed by atoms with Crippen LogP contribution < -0.4 is 5.32 Å². The lowest BCUT2D eigenvalue weighted by Crippen LogP contribution is -2.44. The van der Waals surface area contributed by atoms with Crippen molar-refractivity contribution in [1.29, 1.82) is 0 Å². The quantitative estimate of drug-likeness (QED) is 0.889. The molecular weight excluding hydrogens is 294 g/mol. The van der Waals surface area contributed by atoms with Crippen molar-refractivity contribution in [3.8, 4) is 0 Å². The number of aliphatic carboxylic acids is 1. The molecule has 2 unspecified atom stereocenters. The fourth-order valence-corrected chi connectivity index (χ4v) is 3.44. The highest BCUT2D eigenvalue weighted by atomic mass is 16.4. The maximum absolute atomic E-state index is 12.4. The monoisotopic (exact) mass is 321 g/mol. The predicted octanol–water partition coefficient (Wildman–Crippen LogP) is 2.12. The first-order chi connectivity index (χ1) is 10.9. The maximum Gasteiger partial charge on any atom is 0.308 e. The molecule has 128 valence electrons. The van der Waals surface area contributed by atoms with Gasteiger partial charge in [0, 0.05) is 24.3 Å². The molecule has 2 rings (SSSR count). The minimum Gasteiger partial charge on any atom is -0.481 e. The zero-order chi connectivity index (χ0) is 17.0. The van der Waals surface area contributed by atoms with Crippen LogP contribution in [0.4, 0.5) is 0 Å². The van der Waals surface area contributed by atoms with Crippen molar-refractivity contribution >= 4 is 11.9 Å². The van der Waals surface area contributed by atoms with E-state index < -0.39 is 11.9 Å². The lowest BCUT2D eigenvalue weighted by atomic mass is 9.86. The summed E-state index contributed by atoms with van der Waals surface area (Å²) in [5.74, 6) is -1.39. The van der Waals surface area contributed by atoms with Crippen LogP contribution >= 0.6 is 0 Å². The Morgan fingerprint density at radius 3 is 2.43 bits per heavy atom. The first-order valence-corrected chi connectivity index (χ1v) is 8.41. The minimum atomic E-state index is -0.800. The Labute approximate surface area is 137 Å². The molecule has 0 spiro atoms. The molecule has 1 saturated carbocycles. The summed E-state index contributed by atoms with van der Waals surface area (Å²) in [5.41, 5.74) is 2.76. The summed E-state index contributed by atoms with van der Waals surface area (Å²) in [6, 6.07) is -0.266. The summed E-state index contributed by atoms with van der Waals surface area (Å²) in [6.07, 6.45) is 5.73. The third kappa shape index (κ3) is 4.33. The van der Waals surface area contributed by atoms with Crippen LogP contribution in [0.3, 0.4) is 0 Å². The molecule has 1 aliphatic carbocycles. The minimum absolute atomic E-state index is 0.110. The number of amides is 1. The second-order valence-electron chi connectivity index (χ2n) is 6.56. The molecule has 23 heavy (non-hydrogen) atoms. The second-order valence-corrected chi connectivity index (χ2v) is 6.56. The van der Waals surface area contributed by atoms with Gasteiger partial charge in [0.2, 0.25) is 5.91 Å². The molecule has 2 atom stereocenters. The fraction of sp³-hybridized carbons (Fsp3) is 0.706. The highest BCUT2D eigenvalue weighted by Gasteiger charge is 2.30. The van der Waals surface area contributed by atoms with E-state index >= 15 is 0 Å². The molecule has 1 amide bonds. The molecule has 0 radical (unpaired) electrons. The molecule has 0 aliphatic heterocycles. The largest absolute Gasteiger partial charge is 0.481 e. The van der Waals surface area contributed by atoms with Gasteiger partial charge in [0.25, 0.3) is 0 Å². The van der Waals surface area contributed by atoms with E-state index in [1.54, 1.807) is 4.68 Å². The van der Waals surface area contributed by atoms with Crippen LogP contribution in [0.1, 0.15) is 55.5 Å². The van der Waals surface area contributed by atoms with E-state index in [9.17, 15) is 14.7 Å². The van der Waals surface area contributed by atoms with Gasteiger partial charge in [0.15, 0.2) is 0 Å². The number of carbonyl (C=O) groups is 2. The molecule has 2 N–H and O–H groups in total. The van der Waals surface area contributed by atoms with Crippen LogP contribution in [0.15, 0.2) is 0 Å². The zero-order valence-electron chi connectivity index (χ0n) is 14.3. The molecule has 1 aliphatic rings. The first kappa shape index (κ1) is 17.5. The van der Waals surface area contributed by atoms with Crippen LogP contribution in [-0.2, 0) is 23.1 Å². The Hall–Kier alpha value is -1.85. The van der Waals surface area contributed by atoms with Crippen LogP contribution in [0.25, 0.3) is 0 Å². The molecule has 0 aromatic carbocycles. The number of aryl methyl sites for hydroxylation is 2. The van der Waals surface area contributed by atoms with Crippen molar-refractivity contribution in [1.82, 2.24) is 15.1 Å². The summed E-state index contributed by atoms with van der Waals surface area (Å²) in [4.78, 5) is 23.9. The van der Waals surface area contributed by atoms with Gasteiger partial charge in [0.05, 0.1) is 18.0 Å². The number of aromatic nitrogens is 2. The first-order valence-electron chi connectivity index (χ1n) is 8.41.